The molecular formula is C14H22ClN3O. The Morgan fingerprint density at radius 2 is 2.37 bits per heavy atom. The van der Waals surface area contributed by atoms with E-state index < -0.39 is 0 Å². The van der Waals surface area contributed by atoms with Crippen LogP contribution in [0.5, 0.6) is 0 Å². The Hall–Kier alpha value is -1.13. The number of nitrogens with zero attached hydrogens (tertiary/aromatic N) is 2. The molecule has 1 N–H and O–H groups in total. The summed E-state index contributed by atoms with van der Waals surface area (Å²) in [6.07, 6.45) is 5.34. The van der Waals surface area contributed by atoms with Gasteiger partial charge >= 0.3 is 0 Å². The van der Waals surface area contributed by atoms with E-state index in [4.69, 9.17) is 0 Å². The van der Waals surface area contributed by atoms with E-state index >= 15 is 0 Å². The standard InChI is InChI=1S/C14H21N3O.ClH/c1-15-13-6-4-10-17(11-13)14(18)8-7-12-5-2-3-9-16-12;/h2-3,5,9,13,15H,4,6-8,10-11H2,1H3;1H. The smallest absolute Gasteiger partial charge is 0.223 e. The van der Waals surface area contributed by atoms with Crippen LogP contribution in [0.1, 0.15) is 25.0 Å². The Bertz CT molecular complexity index is 386. The largest absolute Gasteiger partial charge is 0.341 e. The molecule has 0 spiro atoms. The number of aromatic nitrogens is 1. The fourth-order valence-corrected chi connectivity index (χ4v) is 2.38. The molecule has 0 bridgehead atoms. The van der Waals surface area contributed by atoms with Crippen molar-refractivity contribution >= 4 is 18.3 Å². The Labute approximate surface area is 121 Å². The van der Waals surface area contributed by atoms with E-state index in [9.17, 15) is 4.79 Å². The number of likely N-dealkylation sites (tertiary alicyclic amines) is 1. The zero-order valence-corrected chi connectivity index (χ0v) is 12.2. The summed E-state index contributed by atoms with van der Waals surface area (Å²) in [4.78, 5) is 18.3. The molecule has 1 saturated heterocycles. The first-order valence-corrected chi connectivity index (χ1v) is 6.64. The van der Waals surface area contributed by atoms with Gasteiger partial charge in [0.2, 0.25) is 5.91 Å². The molecular weight excluding hydrogens is 262 g/mol. The highest BCUT2D eigenvalue weighted by molar-refractivity contribution is 5.85. The molecule has 0 aliphatic carbocycles. The number of carbonyl (C=O) groups is 1. The number of hydrogen-bond donors (Lipinski definition) is 1. The maximum Gasteiger partial charge on any atom is 0.223 e. The van der Waals surface area contributed by atoms with E-state index in [-0.39, 0.29) is 18.3 Å². The summed E-state index contributed by atoms with van der Waals surface area (Å²) in [7, 11) is 1.96. The SMILES string of the molecule is CNC1CCCN(C(=O)CCc2ccccn2)C1.Cl. The van der Waals surface area contributed by atoms with E-state index in [0.717, 1.165) is 31.6 Å². The van der Waals surface area contributed by atoms with Gasteiger partial charge in [-0.15, -0.1) is 12.4 Å². The normalized spacial score (nSPS) is 18.8. The predicted octanol–water partition coefficient (Wildman–Crippen LogP) is 1.65. The number of hydrogen-bond acceptors (Lipinski definition) is 3. The zero-order valence-electron chi connectivity index (χ0n) is 11.3. The number of pyridine rings is 1. The van der Waals surface area contributed by atoms with Crippen molar-refractivity contribution in [1.82, 2.24) is 15.2 Å². The van der Waals surface area contributed by atoms with Gasteiger partial charge in [0.1, 0.15) is 0 Å². The number of piperidine rings is 1. The highest BCUT2D eigenvalue weighted by Gasteiger charge is 2.22. The van der Waals surface area contributed by atoms with Crippen LogP contribution < -0.4 is 5.32 Å². The van der Waals surface area contributed by atoms with Gasteiger partial charge in [-0.3, -0.25) is 9.78 Å². The van der Waals surface area contributed by atoms with Crippen LogP contribution in [0.25, 0.3) is 0 Å². The number of amides is 1. The highest BCUT2D eigenvalue weighted by Crippen LogP contribution is 2.11. The summed E-state index contributed by atoms with van der Waals surface area (Å²) in [6, 6.07) is 6.29. The van der Waals surface area contributed by atoms with Crippen molar-refractivity contribution in [2.45, 2.75) is 31.7 Å². The van der Waals surface area contributed by atoms with Crippen molar-refractivity contribution in [3.63, 3.8) is 0 Å². The highest BCUT2D eigenvalue weighted by atomic mass is 35.5. The maximum absolute atomic E-state index is 12.1. The summed E-state index contributed by atoms with van der Waals surface area (Å²) in [5, 5.41) is 3.26. The molecule has 1 aromatic rings. The number of aryl methyl sites for hydroxylation is 1. The van der Waals surface area contributed by atoms with Gasteiger partial charge in [-0.1, -0.05) is 6.07 Å². The molecule has 5 heteroatoms. The minimum Gasteiger partial charge on any atom is -0.341 e. The average molecular weight is 284 g/mol. The maximum atomic E-state index is 12.1. The zero-order chi connectivity index (χ0) is 12.8. The van der Waals surface area contributed by atoms with Crippen molar-refractivity contribution in [1.29, 1.82) is 0 Å². The van der Waals surface area contributed by atoms with Crippen LogP contribution in [0.4, 0.5) is 0 Å². The van der Waals surface area contributed by atoms with Crippen LogP contribution in [0.3, 0.4) is 0 Å². The van der Waals surface area contributed by atoms with Gasteiger partial charge in [0, 0.05) is 37.4 Å². The first-order chi connectivity index (χ1) is 8.79. The van der Waals surface area contributed by atoms with Gasteiger partial charge in [0.05, 0.1) is 0 Å². The Morgan fingerprint density at radius 3 is 3.05 bits per heavy atom. The molecule has 1 aliphatic heterocycles. The molecule has 1 aliphatic rings. The third-order valence-corrected chi connectivity index (χ3v) is 3.50. The van der Waals surface area contributed by atoms with Crippen LogP contribution in [0.2, 0.25) is 0 Å². The Kier molecular flexibility index (Phi) is 6.81. The van der Waals surface area contributed by atoms with Gasteiger partial charge in [-0.05, 0) is 38.4 Å². The molecule has 0 saturated carbocycles. The average Bonchev–Trinajstić information content (AvgIpc) is 2.46. The van der Waals surface area contributed by atoms with Gasteiger partial charge in [-0.25, -0.2) is 0 Å². The second kappa shape index (κ2) is 8.12. The van der Waals surface area contributed by atoms with Crippen molar-refractivity contribution in [2.75, 3.05) is 20.1 Å². The number of rotatable bonds is 4. The van der Waals surface area contributed by atoms with Gasteiger partial charge in [-0.2, -0.15) is 0 Å². The van der Waals surface area contributed by atoms with E-state index in [2.05, 4.69) is 10.3 Å². The minimum absolute atomic E-state index is 0. The molecule has 1 atom stereocenters. The lowest BCUT2D eigenvalue weighted by molar-refractivity contribution is -0.132. The third-order valence-electron chi connectivity index (χ3n) is 3.50. The molecule has 2 rings (SSSR count). The lowest BCUT2D eigenvalue weighted by Crippen LogP contribution is -2.47. The van der Waals surface area contributed by atoms with Crippen molar-refractivity contribution in [2.24, 2.45) is 0 Å². The second-order valence-corrected chi connectivity index (χ2v) is 4.79. The molecule has 4 nitrogen and oxygen atoms in total. The van der Waals surface area contributed by atoms with Crippen LogP contribution in [0, 0.1) is 0 Å². The lowest BCUT2D eigenvalue weighted by Gasteiger charge is -2.32. The number of likely N-dealkylation sites (N-methyl/N-ethyl adjacent to an activating group) is 1. The molecule has 1 unspecified atom stereocenters. The quantitative estimate of drug-likeness (QED) is 0.914. The Morgan fingerprint density at radius 1 is 1.53 bits per heavy atom. The van der Waals surface area contributed by atoms with E-state index in [1.165, 1.54) is 6.42 Å². The second-order valence-electron chi connectivity index (χ2n) is 4.79. The van der Waals surface area contributed by atoms with E-state index in [1.54, 1.807) is 6.20 Å². The van der Waals surface area contributed by atoms with E-state index in [0.29, 0.717) is 12.5 Å². The van der Waals surface area contributed by atoms with Crippen LogP contribution in [-0.4, -0.2) is 42.0 Å². The molecule has 2 heterocycles. The molecule has 19 heavy (non-hydrogen) atoms. The lowest BCUT2D eigenvalue weighted by atomic mass is 10.1. The fourth-order valence-electron chi connectivity index (χ4n) is 2.38. The monoisotopic (exact) mass is 283 g/mol. The van der Waals surface area contributed by atoms with Crippen molar-refractivity contribution in [3.8, 4) is 0 Å². The van der Waals surface area contributed by atoms with Gasteiger partial charge in [0.15, 0.2) is 0 Å². The molecule has 0 radical (unpaired) electrons. The van der Waals surface area contributed by atoms with Gasteiger partial charge in [0.25, 0.3) is 0 Å². The fraction of sp³-hybridized carbons (Fsp3) is 0.571. The van der Waals surface area contributed by atoms with Gasteiger partial charge < -0.3 is 10.2 Å². The molecule has 0 aromatic carbocycles. The molecule has 106 valence electrons. The number of carbonyl (C=O) groups excluding carboxylic acids is 1. The Balaban J connectivity index is 0.00000180. The molecule has 1 amide bonds. The summed E-state index contributed by atoms with van der Waals surface area (Å²) in [5.41, 5.74) is 0.994. The minimum atomic E-state index is 0. The van der Waals surface area contributed by atoms with Crippen LogP contribution >= 0.6 is 12.4 Å². The number of nitrogens with one attached hydrogen (secondary N) is 1. The summed E-state index contributed by atoms with van der Waals surface area (Å²) >= 11 is 0. The summed E-state index contributed by atoms with van der Waals surface area (Å²) < 4.78 is 0. The number of halogens is 1. The summed E-state index contributed by atoms with van der Waals surface area (Å²) in [5.74, 6) is 0.251. The molecule has 1 aromatic heterocycles. The van der Waals surface area contributed by atoms with Crippen molar-refractivity contribution < 1.29 is 4.79 Å². The van der Waals surface area contributed by atoms with E-state index in [1.807, 2.05) is 30.1 Å². The van der Waals surface area contributed by atoms with Crippen LogP contribution in [0.15, 0.2) is 24.4 Å². The topological polar surface area (TPSA) is 45.2 Å². The third kappa shape index (κ3) is 4.80. The molecule has 1 fully saturated rings. The van der Waals surface area contributed by atoms with Crippen LogP contribution in [-0.2, 0) is 11.2 Å². The van der Waals surface area contributed by atoms with Crippen molar-refractivity contribution in [3.05, 3.63) is 30.1 Å². The first-order valence-electron chi connectivity index (χ1n) is 6.64. The summed E-state index contributed by atoms with van der Waals surface area (Å²) in [6.45, 7) is 1.75. The predicted molar refractivity (Wildman–Crippen MR) is 78.5 cm³/mol. The first kappa shape index (κ1) is 15.9.